The molecule has 2 aromatic rings. The van der Waals surface area contributed by atoms with E-state index in [4.69, 9.17) is 15.1 Å². The van der Waals surface area contributed by atoms with Gasteiger partial charge in [-0.15, -0.1) is 0 Å². The standard InChI is InChI=1S/C23H27N3O2/c1-15(2)26-23(20(27)12-11-19-4-3-13-28-19)21(17-9-10-17)22(25-26)18-7-5-16(14-24)6-8-18/h5-8,15,17,19H,3-4,9-13H2,1-2H3/t19-/m1/s1. The molecular weight excluding hydrogens is 350 g/mol. The van der Waals surface area contributed by atoms with Crippen molar-refractivity contribution in [3.8, 4) is 17.3 Å². The van der Waals surface area contributed by atoms with Crippen LogP contribution < -0.4 is 0 Å². The normalized spacial score (nSPS) is 19.1. The molecule has 1 aromatic carbocycles. The Morgan fingerprint density at radius 1 is 1.29 bits per heavy atom. The van der Waals surface area contributed by atoms with E-state index in [1.165, 1.54) is 0 Å². The Labute approximate surface area is 166 Å². The molecule has 0 radical (unpaired) electrons. The number of nitriles is 1. The predicted octanol–water partition coefficient (Wildman–Crippen LogP) is 5.02. The lowest BCUT2D eigenvalue weighted by Gasteiger charge is -2.13. The zero-order chi connectivity index (χ0) is 19.7. The third-order valence-corrected chi connectivity index (χ3v) is 5.69. The topological polar surface area (TPSA) is 67.9 Å². The molecule has 4 rings (SSSR count). The van der Waals surface area contributed by atoms with E-state index >= 15 is 0 Å². The van der Waals surface area contributed by atoms with Crippen molar-refractivity contribution in [2.24, 2.45) is 0 Å². The third kappa shape index (κ3) is 3.74. The lowest BCUT2D eigenvalue weighted by molar-refractivity contribution is 0.0850. The van der Waals surface area contributed by atoms with Crippen LogP contribution in [-0.2, 0) is 4.74 Å². The lowest BCUT2D eigenvalue weighted by atomic mass is 9.97. The minimum atomic E-state index is 0.117. The van der Waals surface area contributed by atoms with Crippen molar-refractivity contribution in [2.45, 2.75) is 70.4 Å². The number of ketones is 1. The molecule has 1 saturated carbocycles. The number of nitrogens with zero attached hydrogens (tertiary/aromatic N) is 3. The first kappa shape index (κ1) is 18.9. The van der Waals surface area contributed by atoms with Crippen molar-refractivity contribution in [3.05, 3.63) is 41.1 Å². The largest absolute Gasteiger partial charge is 0.378 e. The fraction of sp³-hybridized carbons (Fsp3) is 0.522. The Balaban J connectivity index is 1.70. The Kier molecular flexibility index (Phi) is 5.32. The average molecular weight is 377 g/mol. The second kappa shape index (κ2) is 7.89. The van der Waals surface area contributed by atoms with Crippen LogP contribution in [0.2, 0.25) is 0 Å². The summed E-state index contributed by atoms with van der Waals surface area (Å²) in [4.78, 5) is 13.3. The Morgan fingerprint density at radius 2 is 2.04 bits per heavy atom. The van der Waals surface area contributed by atoms with E-state index in [0.29, 0.717) is 17.9 Å². The molecule has 0 amide bonds. The minimum Gasteiger partial charge on any atom is -0.378 e. The highest BCUT2D eigenvalue weighted by molar-refractivity contribution is 5.98. The van der Waals surface area contributed by atoms with E-state index < -0.39 is 0 Å². The summed E-state index contributed by atoms with van der Waals surface area (Å²) in [5.41, 5.74) is 4.41. The summed E-state index contributed by atoms with van der Waals surface area (Å²) >= 11 is 0. The molecule has 0 bridgehead atoms. The Morgan fingerprint density at radius 3 is 2.61 bits per heavy atom. The van der Waals surface area contributed by atoms with E-state index in [9.17, 15) is 4.79 Å². The molecular formula is C23H27N3O2. The highest BCUT2D eigenvalue weighted by Crippen LogP contribution is 2.47. The number of hydrogen-bond acceptors (Lipinski definition) is 4. The van der Waals surface area contributed by atoms with Gasteiger partial charge >= 0.3 is 0 Å². The smallest absolute Gasteiger partial charge is 0.181 e. The zero-order valence-electron chi connectivity index (χ0n) is 16.6. The van der Waals surface area contributed by atoms with Gasteiger partial charge in [0.05, 0.1) is 23.4 Å². The van der Waals surface area contributed by atoms with Gasteiger partial charge in [-0.05, 0) is 64.0 Å². The maximum Gasteiger partial charge on any atom is 0.181 e. The van der Waals surface area contributed by atoms with E-state index in [1.807, 2.05) is 28.9 Å². The van der Waals surface area contributed by atoms with E-state index in [1.54, 1.807) is 0 Å². The lowest BCUT2D eigenvalue weighted by Crippen LogP contribution is -2.16. The number of Topliss-reactive ketones (excluding diaryl/α,β-unsaturated/α-hetero) is 1. The number of ether oxygens (including phenoxy) is 1. The molecule has 146 valence electrons. The number of benzene rings is 1. The van der Waals surface area contributed by atoms with Gasteiger partial charge in [-0.25, -0.2) is 0 Å². The third-order valence-electron chi connectivity index (χ3n) is 5.69. The molecule has 1 aromatic heterocycles. The summed E-state index contributed by atoms with van der Waals surface area (Å²) in [5, 5.41) is 13.9. The molecule has 5 heteroatoms. The van der Waals surface area contributed by atoms with Crippen LogP contribution in [0.5, 0.6) is 0 Å². The van der Waals surface area contributed by atoms with Crippen LogP contribution in [0.1, 0.15) is 85.9 Å². The van der Waals surface area contributed by atoms with Crippen molar-refractivity contribution >= 4 is 5.78 Å². The van der Waals surface area contributed by atoms with Crippen molar-refractivity contribution < 1.29 is 9.53 Å². The molecule has 0 unspecified atom stereocenters. The van der Waals surface area contributed by atoms with Crippen LogP contribution in [0.15, 0.2) is 24.3 Å². The maximum atomic E-state index is 13.3. The number of carbonyl (C=O) groups excluding carboxylic acids is 1. The van der Waals surface area contributed by atoms with Crippen molar-refractivity contribution in [3.63, 3.8) is 0 Å². The first-order chi connectivity index (χ1) is 13.6. The molecule has 2 fully saturated rings. The molecule has 28 heavy (non-hydrogen) atoms. The van der Waals surface area contributed by atoms with Gasteiger partial charge in [0, 0.05) is 30.2 Å². The van der Waals surface area contributed by atoms with Gasteiger partial charge in [-0.1, -0.05) is 12.1 Å². The minimum absolute atomic E-state index is 0.117. The summed E-state index contributed by atoms with van der Waals surface area (Å²) in [6.45, 7) is 4.96. The first-order valence-electron chi connectivity index (χ1n) is 10.4. The average Bonchev–Trinajstić information content (AvgIpc) is 3.25. The second-order valence-electron chi connectivity index (χ2n) is 8.21. The van der Waals surface area contributed by atoms with Gasteiger partial charge in [-0.2, -0.15) is 10.4 Å². The molecule has 2 aliphatic rings. The quantitative estimate of drug-likeness (QED) is 0.635. The van der Waals surface area contributed by atoms with E-state index in [0.717, 1.165) is 61.2 Å². The summed E-state index contributed by atoms with van der Waals surface area (Å²) in [6.07, 6.45) is 5.90. The van der Waals surface area contributed by atoms with Crippen LogP contribution in [0.3, 0.4) is 0 Å². The van der Waals surface area contributed by atoms with Crippen LogP contribution in [0.25, 0.3) is 11.3 Å². The molecule has 1 aliphatic heterocycles. The molecule has 1 atom stereocenters. The van der Waals surface area contributed by atoms with Gasteiger partial charge < -0.3 is 4.74 Å². The second-order valence-corrected chi connectivity index (χ2v) is 8.21. The van der Waals surface area contributed by atoms with Crippen LogP contribution in [0.4, 0.5) is 0 Å². The highest BCUT2D eigenvalue weighted by Gasteiger charge is 2.36. The van der Waals surface area contributed by atoms with Crippen LogP contribution >= 0.6 is 0 Å². The monoisotopic (exact) mass is 377 g/mol. The Bertz CT molecular complexity index is 895. The van der Waals surface area contributed by atoms with Gasteiger partial charge in [0.15, 0.2) is 5.78 Å². The Hall–Kier alpha value is -2.45. The number of aromatic nitrogens is 2. The molecule has 1 saturated heterocycles. The molecule has 1 aliphatic carbocycles. The maximum absolute atomic E-state index is 13.3. The van der Waals surface area contributed by atoms with E-state index in [-0.39, 0.29) is 17.9 Å². The van der Waals surface area contributed by atoms with Crippen molar-refractivity contribution in [2.75, 3.05) is 6.61 Å². The van der Waals surface area contributed by atoms with Gasteiger partial charge in [0.1, 0.15) is 5.69 Å². The van der Waals surface area contributed by atoms with Crippen molar-refractivity contribution in [1.82, 2.24) is 9.78 Å². The van der Waals surface area contributed by atoms with Gasteiger partial charge in [-0.3, -0.25) is 9.48 Å². The first-order valence-corrected chi connectivity index (χ1v) is 10.4. The molecule has 5 nitrogen and oxygen atoms in total. The fourth-order valence-electron chi connectivity index (χ4n) is 4.06. The SMILES string of the molecule is CC(C)n1nc(-c2ccc(C#N)cc2)c(C2CC2)c1C(=O)CC[C@H]1CCCO1. The summed E-state index contributed by atoms with van der Waals surface area (Å²) in [6, 6.07) is 9.80. The van der Waals surface area contributed by atoms with Crippen LogP contribution in [0, 0.1) is 11.3 Å². The highest BCUT2D eigenvalue weighted by atomic mass is 16.5. The van der Waals surface area contributed by atoms with Gasteiger partial charge in [0.2, 0.25) is 0 Å². The molecule has 0 N–H and O–H groups in total. The summed E-state index contributed by atoms with van der Waals surface area (Å²) in [7, 11) is 0. The number of hydrogen-bond donors (Lipinski definition) is 0. The van der Waals surface area contributed by atoms with Gasteiger partial charge in [0.25, 0.3) is 0 Å². The fourth-order valence-corrected chi connectivity index (χ4v) is 4.06. The molecule has 2 heterocycles. The number of carbonyl (C=O) groups is 1. The van der Waals surface area contributed by atoms with Crippen LogP contribution in [-0.4, -0.2) is 28.3 Å². The summed E-state index contributed by atoms with van der Waals surface area (Å²) in [5.74, 6) is 0.596. The van der Waals surface area contributed by atoms with E-state index in [2.05, 4.69) is 19.9 Å². The predicted molar refractivity (Wildman–Crippen MR) is 107 cm³/mol. The summed E-state index contributed by atoms with van der Waals surface area (Å²) < 4.78 is 7.62. The zero-order valence-corrected chi connectivity index (χ0v) is 16.6. The number of rotatable bonds is 7. The van der Waals surface area contributed by atoms with Crippen molar-refractivity contribution in [1.29, 1.82) is 5.26 Å². The molecule has 0 spiro atoms.